The fourth-order valence-corrected chi connectivity index (χ4v) is 1.45. The average Bonchev–Trinajstić information content (AvgIpc) is 2.82. The molecule has 1 aromatic carbocycles. The number of H-pyrrole nitrogens is 1. The van der Waals surface area contributed by atoms with Crippen molar-refractivity contribution in [3.63, 3.8) is 0 Å². The zero-order valence-corrected chi connectivity index (χ0v) is 9.11. The summed E-state index contributed by atoms with van der Waals surface area (Å²) < 4.78 is 13.3. The number of hydrogen-bond donors (Lipinski definition) is 2. The monoisotopic (exact) mass is 233 g/mol. The number of aromatic nitrogens is 2. The third-order valence-corrected chi connectivity index (χ3v) is 2.32. The van der Waals surface area contributed by atoms with E-state index in [1.165, 1.54) is 6.07 Å². The van der Waals surface area contributed by atoms with Crippen molar-refractivity contribution >= 4 is 5.91 Å². The number of carbonyl (C=O) groups excluding carboxylic acids is 1. The minimum absolute atomic E-state index is 0.0351. The molecule has 0 atom stereocenters. The van der Waals surface area contributed by atoms with Crippen LogP contribution in [0.4, 0.5) is 4.39 Å². The Morgan fingerprint density at radius 3 is 2.94 bits per heavy atom. The third kappa shape index (κ3) is 3.14. The van der Waals surface area contributed by atoms with Crippen molar-refractivity contribution in [3.05, 3.63) is 53.9 Å². The summed E-state index contributed by atoms with van der Waals surface area (Å²) in [7, 11) is 0. The Kier molecular flexibility index (Phi) is 3.49. The molecule has 2 aromatic rings. The molecule has 0 unspecified atom stereocenters. The maximum atomic E-state index is 13.3. The highest BCUT2D eigenvalue weighted by Crippen LogP contribution is 2.06. The number of imidazole rings is 1. The fraction of sp³-hybridized carbons (Fsp3) is 0.167. The topological polar surface area (TPSA) is 57.8 Å². The highest BCUT2D eigenvalue weighted by atomic mass is 19.1. The van der Waals surface area contributed by atoms with Crippen LogP contribution in [0, 0.1) is 5.82 Å². The van der Waals surface area contributed by atoms with E-state index < -0.39 is 0 Å². The van der Waals surface area contributed by atoms with Gasteiger partial charge in [0.1, 0.15) is 11.6 Å². The van der Waals surface area contributed by atoms with Gasteiger partial charge < -0.3 is 10.3 Å². The van der Waals surface area contributed by atoms with Crippen LogP contribution in [0.5, 0.6) is 0 Å². The number of benzene rings is 1. The first-order valence-corrected chi connectivity index (χ1v) is 5.24. The standard InChI is InChI=1S/C12H12FN3O/c13-10-4-2-1-3-9(10)7-12(17)16-8-11-14-5-6-15-11/h1-6H,7-8H2,(H,14,15)(H,16,17). The molecule has 5 heteroatoms. The van der Waals surface area contributed by atoms with E-state index in [0.717, 1.165) is 0 Å². The Balaban J connectivity index is 1.87. The van der Waals surface area contributed by atoms with E-state index in [-0.39, 0.29) is 18.1 Å². The van der Waals surface area contributed by atoms with Gasteiger partial charge in [0, 0.05) is 12.4 Å². The Labute approximate surface area is 97.9 Å². The second-order valence-electron chi connectivity index (χ2n) is 3.58. The molecule has 0 aliphatic rings. The lowest BCUT2D eigenvalue weighted by molar-refractivity contribution is -0.120. The Bertz CT molecular complexity index is 496. The van der Waals surface area contributed by atoms with E-state index in [4.69, 9.17) is 0 Å². The molecule has 0 aliphatic heterocycles. The summed E-state index contributed by atoms with van der Waals surface area (Å²) in [6, 6.07) is 6.24. The summed E-state index contributed by atoms with van der Waals surface area (Å²) in [5.74, 6) is 0.0824. The average molecular weight is 233 g/mol. The maximum Gasteiger partial charge on any atom is 0.224 e. The highest BCUT2D eigenvalue weighted by Gasteiger charge is 2.07. The van der Waals surface area contributed by atoms with Crippen LogP contribution in [0.1, 0.15) is 11.4 Å². The van der Waals surface area contributed by atoms with Gasteiger partial charge in [-0.25, -0.2) is 9.37 Å². The summed E-state index contributed by atoms with van der Waals surface area (Å²) in [6.07, 6.45) is 3.32. The van der Waals surface area contributed by atoms with Crippen LogP contribution in [0.3, 0.4) is 0 Å². The van der Waals surface area contributed by atoms with Crippen molar-refractivity contribution in [2.24, 2.45) is 0 Å². The third-order valence-electron chi connectivity index (χ3n) is 2.32. The molecule has 88 valence electrons. The van der Waals surface area contributed by atoms with Crippen molar-refractivity contribution in [2.45, 2.75) is 13.0 Å². The first-order chi connectivity index (χ1) is 8.25. The van der Waals surface area contributed by atoms with Crippen LogP contribution >= 0.6 is 0 Å². The highest BCUT2D eigenvalue weighted by molar-refractivity contribution is 5.78. The van der Waals surface area contributed by atoms with Gasteiger partial charge >= 0.3 is 0 Å². The van der Waals surface area contributed by atoms with E-state index in [9.17, 15) is 9.18 Å². The first-order valence-electron chi connectivity index (χ1n) is 5.24. The summed E-state index contributed by atoms with van der Waals surface area (Å²) in [5.41, 5.74) is 0.393. The van der Waals surface area contributed by atoms with E-state index in [2.05, 4.69) is 15.3 Å². The van der Waals surface area contributed by atoms with Crippen LogP contribution in [-0.2, 0) is 17.8 Å². The molecule has 2 N–H and O–H groups in total. The number of hydrogen-bond acceptors (Lipinski definition) is 2. The number of rotatable bonds is 4. The molecule has 1 heterocycles. The quantitative estimate of drug-likeness (QED) is 0.838. The lowest BCUT2D eigenvalue weighted by Crippen LogP contribution is -2.25. The Hall–Kier alpha value is -2.17. The zero-order chi connectivity index (χ0) is 12.1. The van der Waals surface area contributed by atoms with Crippen LogP contribution in [0.25, 0.3) is 0 Å². The molecule has 2 rings (SSSR count). The molecule has 0 spiro atoms. The summed E-state index contributed by atoms with van der Waals surface area (Å²) in [5, 5.41) is 2.66. The molecular weight excluding hydrogens is 221 g/mol. The number of carbonyl (C=O) groups is 1. The number of halogens is 1. The molecule has 0 aliphatic carbocycles. The van der Waals surface area contributed by atoms with Gasteiger partial charge in [0.25, 0.3) is 0 Å². The van der Waals surface area contributed by atoms with Crippen LogP contribution in [0.15, 0.2) is 36.7 Å². The number of nitrogens with one attached hydrogen (secondary N) is 2. The SMILES string of the molecule is O=C(Cc1ccccc1F)NCc1ncc[nH]1. The minimum Gasteiger partial charge on any atom is -0.349 e. The Morgan fingerprint density at radius 2 is 2.24 bits per heavy atom. The van der Waals surface area contributed by atoms with E-state index in [1.807, 2.05) is 0 Å². The lowest BCUT2D eigenvalue weighted by Gasteiger charge is -2.04. The van der Waals surface area contributed by atoms with E-state index >= 15 is 0 Å². The van der Waals surface area contributed by atoms with Crippen molar-refractivity contribution in [1.29, 1.82) is 0 Å². The van der Waals surface area contributed by atoms with Gasteiger partial charge in [0.05, 0.1) is 13.0 Å². The van der Waals surface area contributed by atoms with Crippen molar-refractivity contribution in [3.8, 4) is 0 Å². The van der Waals surface area contributed by atoms with Crippen LogP contribution < -0.4 is 5.32 Å². The minimum atomic E-state index is -0.361. The zero-order valence-electron chi connectivity index (χ0n) is 9.11. The molecule has 0 radical (unpaired) electrons. The molecule has 4 nitrogen and oxygen atoms in total. The lowest BCUT2D eigenvalue weighted by atomic mass is 10.1. The molecular formula is C12H12FN3O. The summed E-state index contributed by atoms with van der Waals surface area (Å²) in [6.45, 7) is 0.320. The van der Waals surface area contributed by atoms with Crippen LogP contribution in [-0.4, -0.2) is 15.9 Å². The van der Waals surface area contributed by atoms with Gasteiger partial charge in [-0.3, -0.25) is 4.79 Å². The van der Waals surface area contributed by atoms with Crippen molar-refractivity contribution in [2.75, 3.05) is 0 Å². The number of aromatic amines is 1. The van der Waals surface area contributed by atoms with Crippen molar-refractivity contribution in [1.82, 2.24) is 15.3 Å². The van der Waals surface area contributed by atoms with Gasteiger partial charge in [-0.1, -0.05) is 18.2 Å². The summed E-state index contributed by atoms with van der Waals surface area (Å²) in [4.78, 5) is 18.4. The van der Waals surface area contributed by atoms with Crippen LogP contribution in [0.2, 0.25) is 0 Å². The van der Waals surface area contributed by atoms with E-state index in [0.29, 0.717) is 17.9 Å². The molecule has 0 saturated carbocycles. The predicted molar refractivity (Wildman–Crippen MR) is 60.5 cm³/mol. The second kappa shape index (κ2) is 5.25. The van der Waals surface area contributed by atoms with Gasteiger partial charge in [0.2, 0.25) is 5.91 Å². The normalized spacial score (nSPS) is 10.2. The van der Waals surface area contributed by atoms with Gasteiger partial charge in [-0.2, -0.15) is 0 Å². The molecule has 0 saturated heterocycles. The largest absolute Gasteiger partial charge is 0.349 e. The summed E-state index contributed by atoms with van der Waals surface area (Å²) >= 11 is 0. The molecule has 0 fully saturated rings. The molecule has 1 aromatic heterocycles. The predicted octanol–water partition coefficient (Wildman–Crippen LogP) is 1.41. The first kappa shape index (κ1) is 11.3. The molecule has 0 bridgehead atoms. The molecule has 17 heavy (non-hydrogen) atoms. The number of nitrogens with zero attached hydrogens (tertiary/aromatic N) is 1. The molecule has 1 amide bonds. The smallest absolute Gasteiger partial charge is 0.224 e. The second-order valence-corrected chi connectivity index (χ2v) is 3.58. The van der Waals surface area contributed by atoms with Gasteiger partial charge in [-0.15, -0.1) is 0 Å². The fourth-order valence-electron chi connectivity index (χ4n) is 1.45. The van der Waals surface area contributed by atoms with E-state index in [1.54, 1.807) is 30.6 Å². The van der Waals surface area contributed by atoms with Crippen molar-refractivity contribution < 1.29 is 9.18 Å². The number of amides is 1. The van der Waals surface area contributed by atoms with Gasteiger partial charge in [0.15, 0.2) is 0 Å². The van der Waals surface area contributed by atoms with Gasteiger partial charge in [-0.05, 0) is 11.6 Å². The Morgan fingerprint density at radius 1 is 1.41 bits per heavy atom. The maximum absolute atomic E-state index is 13.3.